The van der Waals surface area contributed by atoms with Crippen LogP contribution in [0.15, 0.2) is 0 Å². The van der Waals surface area contributed by atoms with Crippen LogP contribution < -0.4 is 0 Å². The van der Waals surface area contributed by atoms with Crippen LogP contribution >= 0.6 is 23.5 Å². The fourth-order valence-corrected chi connectivity index (χ4v) is 3.88. The van der Waals surface area contributed by atoms with Crippen molar-refractivity contribution < 1.29 is 13.6 Å². The van der Waals surface area contributed by atoms with Gasteiger partial charge in [-0.05, 0) is 25.7 Å². The van der Waals surface area contributed by atoms with Crippen LogP contribution in [-0.4, -0.2) is 24.7 Å². The van der Waals surface area contributed by atoms with Crippen LogP contribution in [0.5, 0.6) is 0 Å². The molecule has 1 rings (SSSR count). The van der Waals surface area contributed by atoms with Crippen molar-refractivity contribution >= 4 is 23.5 Å². The molecule has 1 heterocycles. The second kappa shape index (κ2) is 5.50. The van der Waals surface area contributed by atoms with E-state index in [9.17, 15) is 4.57 Å². The number of halogens is 1. The van der Waals surface area contributed by atoms with Gasteiger partial charge in [-0.2, -0.15) is 0 Å². The molecular weight excluding hydrogens is 255 g/mol. The number of hydrogen-bond acceptors (Lipinski definition) is 3. The summed E-state index contributed by atoms with van der Waals surface area (Å²) in [5, 5.41) is 0.986. The molecule has 1 aliphatic rings. The van der Waals surface area contributed by atoms with Crippen LogP contribution in [0.4, 0.5) is 0 Å². The molecule has 0 N–H and O–H groups in total. The molecule has 13 heavy (non-hydrogen) atoms. The maximum Gasteiger partial charge on any atom is 0.330 e. The van der Waals surface area contributed by atoms with Gasteiger partial charge >= 0.3 is 7.60 Å². The minimum absolute atomic E-state index is 0.473. The minimum atomic E-state index is -2.69. The van der Waals surface area contributed by atoms with Crippen LogP contribution in [0.1, 0.15) is 19.8 Å². The summed E-state index contributed by atoms with van der Waals surface area (Å²) in [6.07, 6.45) is 2.63. The van der Waals surface area contributed by atoms with Gasteiger partial charge in [0.1, 0.15) is 0 Å². The lowest BCUT2D eigenvalue weighted by molar-refractivity contribution is 0.158. The lowest BCUT2D eigenvalue weighted by atomic mass is 10.1. The van der Waals surface area contributed by atoms with Crippen LogP contribution in [-0.2, 0) is 13.6 Å². The summed E-state index contributed by atoms with van der Waals surface area (Å²) in [5.41, 5.74) is 0. The van der Waals surface area contributed by atoms with Crippen LogP contribution in [0, 0.1) is 5.92 Å². The average molecular weight is 271 g/mol. The van der Waals surface area contributed by atoms with Crippen molar-refractivity contribution in [2.24, 2.45) is 5.92 Å². The Labute approximate surface area is 87.8 Å². The van der Waals surface area contributed by atoms with Gasteiger partial charge in [-0.15, -0.1) is 0 Å². The van der Waals surface area contributed by atoms with Crippen LogP contribution in [0.25, 0.3) is 0 Å². The standard InChI is InChI=1S/C8H16BrO3P/c1-2-11-13(10)6-4-8(3-5-9)7-12-13/h8H,2-7H2,1H3. The zero-order chi connectivity index (χ0) is 9.73. The van der Waals surface area contributed by atoms with Gasteiger partial charge in [-0.25, -0.2) is 0 Å². The predicted molar refractivity (Wildman–Crippen MR) is 56.6 cm³/mol. The maximum atomic E-state index is 11.7. The van der Waals surface area contributed by atoms with Gasteiger partial charge in [0.15, 0.2) is 0 Å². The highest BCUT2D eigenvalue weighted by molar-refractivity contribution is 9.09. The smallest absolute Gasteiger partial charge is 0.309 e. The van der Waals surface area contributed by atoms with Crippen molar-refractivity contribution in [1.29, 1.82) is 0 Å². The van der Waals surface area contributed by atoms with Gasteiger partial charge in [0.25, 0.3) is 0 Å². The third kappa shape index (κ3) is 3.70. The number of alkyl halides is 1. The molecule has 1 saturated heterocycles. The van der Waals surface area contributed by atoms with Crippen molar-refractivity contribution in [2.45, 2.75) is 19.8 Å². The Morgan fingerprint density at radius 3 is 2.92 bits per heavy atom. The Hall–Kier alpha value is 0.630. The molecule has 0 radical (unpaired) electrons. The van der Waals surface area contributed by atoms with E-state index in [2.05, 4.69) is 15.9 Å². The molecule has 0 aromatic rings. The Morgan fingerprint density at radius 2 is 2.46 bits per heavy atom. The average Bonchev–Trinajstić information content (AvgIpc) is 2.10. The molecule has 0 aromatic heterocycles. The normalized spacial score (nSPS) is 34.8. The molecule has 78 valence electrons. The summed E-state index contributed by atoms with van der Waals surface area (Å²) in [6.45, 7) is 2.90. The molecule has 1 fully saturated rings. The van der Waals surface area contributed by atoms with Gasteiger partial charge in [0.05, 0.1) is 19.4 Å². The van der Waals surface area contributed by atoms with Crippen molar-refractivity contribution in [2.75, 3.05) is 24.7 Å². The van der Waals surface area contributed by atoms with E-state index in [1.54, 1.807) is 0 Å². The van der Waals surface area contributed by atoms with Gasteiger partial charge in [0.2, 0.25) is 0 Å². The fraction of sp³-hybridized carbons (Fsp3) is 1.00. The van der Waals surface area contributed by atoms with E-state index in [-0.39, 0.29) is 0 Å². The van der Waals surface area contributed by atoms with Crippen LogP contribution in [0.2, 0.25) is 0 Å². The molecule has 0 aromatic carbocycles. The predicted octanol–water partition coefficient (Wildman–Crippen LogP) is 3.04. The topological polar surface area (TPSA) is 35.5 Å². The molecule has 0 saturated carbocycles. The largest absolute Gasteiger partial charge is 0.330 e. The molecule has 2 atom stereocenters. The van der Waals surface area contributed by atoms with Gasteiger partial charge in [0, 0.05) is 5.33 Å². The first-order chi connectivity index (χ1) is 6.20. The van der Waals surface area contributed by atoms with E-state index in [0.29, 0.717) is 25.3 Å². The molecule has 0 spiro atoms. The molecule has 2 unspecified atom stereocenters. The molecule has 0 bridgehead atoms. The van der Waals surface area contributed by atoms with E-state index >= 15 is 0 Å². The molecule has 1 aliphatic heterocycles. The Kier molecular flexibility index (Phi) is 4.95. The molecular formula is C8H16BrO3P. The highest BCUT2D eigenvalue weighted by atomic mass is 79.9. The van der Waals surface area contributed by atoms with E-state index in [0.717, 1.165) is 18.2 Å². The van der Waals surface area contributed by atoms with Crippen molar-refractivity contribution in [3.63, 3.8) is 0 Å². The number of rotatable bonds is 4. The summed E-state index contributed by atoms with van der Waals surface area (Å²) in [7, 11) is -2.69. The first-order valence-corrected chi connectivity index (χ1v) is 7.49. The SMILES string of the molecule is CCOP1(=O)CCC(CCBr)CO1. The quantitative estimate of drug-likeness (QED) is 0.582. The monoisotopic (exact) mass is 270 g/mol. The van der Waals surface area contributed by atoms with Crippen LogP contribution in [0.3, 0.4) is 0 Å². The Morgan fingerprint density at radius 1 is 1.69 bits per heavy atom. The summed E-state index contributed by atoms with van der Waals surface area (Å²) in [6, 6.07) is 0. The lowest BCUT2D eigenvalue weighted by Gasteiger charge is -2.27. The van der Waals surface area contributed by atoms with Crippen molar-refractivity contribution in [3.8, 4) is 0 Å². The summed E-state index contributed by atoms with van der Waals surface area (Å²) in [4.78, 5) is 0. The van der Waals surface area contributed by atoms with Crippen molar-refractivity contribution in [3.05, 3.63) is 0 Å². The Bertz CT molecular complexity index is 186. The first kappa shape index (κ1) is 11.7. The number of hydrogen-bond donors (Lipinski definition) is 0. The van der Waals surface area contributed by atoms with E-state index in [1.165, 1.54) is 0 Å². The van der Waals surface area contributed by atoms with E-state index in [4.69, 9.17) is 9.05 Å². The summed E-state index contributed by atoms with van der Waals surface area (Å²) >= 11 is 3.39. The zero-order valence-corrected chi connectivity index (χ0v) is 10.4. The second-order valence-corrected chi connectivity index (χ2v) is 6.16. The van der Waals surface area contributed by atoms with E-state index < -0.39 is 7.60 Å². The summed E-state index contributed by atoms with van der Waals surface area (Å²) < 4.78 is 22.1. The molecule has 5 heteroatoms. The Balaban J connectivity index is 2.33. The van der Waals surface area contributed by atoms with Gasteiger partial charge < -0.3 is 9.05 Å². The van der Waals surface area contributed by atoms with Crippen molar-refractivity contribution in [1.82, 2.24) is 0 Å². The highest BCUT2D eigenvalue weighted by Crippen LogP contribution is 2.52. The van der Waals surface area contributed by atoms with E-state index in [1.807, 2.05) is 6.92 Å². The summed E-state index contributed by atoms with van der Waals surface area (Å²) in [5.74, 6) is 0.543. The molecule has 0 aliphatic carbocycles. The molecule has 0 amide bonds. The molecule has 3 nitrogen and oxygen atoms in total. The highest BCUT2D eigenvalue weighted by Gasteiger charge is 2.31. The maximum absolute atomic E-state index is 11.7. The fourth-order valence-electron chi connectivity index (χ4n) is 1.39. The third-order valence-electron chi connectivity index (χ3n) is 2.16. The lowest BCUT2D eigenvalue weighted by Crippen LogP contribution is -2.19. The van der Waals surface area contributed by atoms with Gasteiger partial charge in [-0.1, -0.05) is 15.9 Å². The zero-order valence-electron chi connectivity index (χ0n) is 7.87. The minimum Gasteiger partial charge on any atom is -0.309 e. The van der Waals surface area contributed by atoms with Gasteiger partial charge in [-0.3, -0.25) is 4.57 Å². The first-order valence-electron chi connectivity index (χ1n) is 4.64. The second-order valence-electron chi connectivity index (χ2n) is 3.18. The third-order valence-corrected chi connectivity index (χ3v) is 4.62.